The zero-order chi connectivity index (χ0) is 17.3. The molecule has 0 saturated heterocycles. The molecule has 1 saturated carbocycles. The summed E-state index contributed by atoms with van der Waals surface area (Å²) in [6.45, 7) is 0. The molecule has 0 aromatic heterocycles. The predicted molar refractivity (Wildman–Crippen MR) is 91.1 cm³/mol. The van der Waals surface area contributed by atoms with Crippen LogP contribution in [0.15, 0.2) is 48.5 Å². The van der Waals surface area contributed by atoms with Crippen LogP contribution in [0.3, 0.4) is 0 Å². The van der Waals surface area contributed by atoms with Crippen LogP contribution in [0, 0.1) is 5.82 Å². The average molecular weight is 348 g/mol. The summed E-state index contributed by atoms with van der Waals surface area (Å²) in [6, 6.07) is 11.9. The normalized spacial score (nSPS) is 14.2. The lowest BCUT2D eigenvalue weighted by atomic mass is 10.2. The lowest BCUT2D eigenvalue weighted by molar-refractivity contribution is 0.102. The summed E-state index contributed by atoms with van der Waals surface area (Å²) in [5.41, 5.74) is 1.47. The summed E-state index contributed by atoms with van der Waals surface area (Å²) in [5.74, 6) is -0.762. The number of carbonyl (C=O) groups excluding carboxylic acids is 1. The van der Waals surface area contributed by atoms with Crippen LogP contribution in [0.1, 0.15) is 23.2 Å². The Morgan fingerprint density at radius 2 is 1.67 bits per heavy atom. The second-order valence-electron chi connectivity index (χ2n) is 5.80. The van der Waals surface area contributed by atoms with Crippen LogP contribution in [0.4, 0.5) is 15.8 Å². The molecule has 3 rings (SSSR count). The number of rotatable bonds is 5. The van der Waals surface area contributed by atoms with Gasteiger partial charge in [0.25, 0.3) is 5.91 Å². The molecule has 1 aliphatic carbocycles. The molecule has 1 aliphatic rings. The summed E-state index contributed by atoms with van der Waals surface area (Å²) in [7, 11) is -3.33. The van der Waals surface area contributed by atoms with Crippen LogP contribution in [0.2, 0.25) is 0 Å². The molecule has 0 heterocycles. The molecule has 0 spiro atoms. The first-order chi connectivity index (χ1) is 11.3. The molecule has 7 heteroatoms. The minimum absolute atomic E-state index is 0.0275. The predicted octanol–water partition coefficient (Wildman–Crippen LogP) is 3.01. The van der Waals surface area contributed by atoms with Crippen LogP contribution >= 0.6 is 0 Å². The van der Waals surface area contributed by atoms with Gasteiger partial charge in [-0.05, 0) is 61.4 Å². The van der Waals surface area contributed by atoms with Gasteiger partial charge in [0, 0.05) is 17.3 Å². The monoisotopic (exact) mass is 348 g/mol. The Hall–Kier alpha value is -2.41. The highest BCUT2D eigenvalue weighted by Gasteiger charge is 2.35. The zero-order valence-electron chi connectivity index (χ0n) is 13.1. The Labute approximate surface area is 140 Å². The van der Waals surface area contributed by atoms with Crippen molar-refractivity contribution in [1.82, 2.24) is 0 Å². The van der Waals surface area contributed by atoms with Crippen molar-refractivity contribution in [2.75, 3.05) is 15.9 Å². The molecule has 0 atom stereocenters. The lowest BCUT2D eigenvalue weighted by Crippen LogP contribution is -2.31. The zero-order valence-corrected chi connectivity index (χ0v) is 13.9. The van der Waals surface area contributed by atoms with Crippen LogP contribution in [0.25, 0.3) is 0 Å². The molecule has 5 nitrogen and oxygen atoms in total. The number of anilines is 2. The van der Waals surface area contributed by atoms with E-state index in [0.29, 0.717) is 16.9 Å². The number of hydrogen-bond donors (Lipinski definition) is 1. The Kier molecular flexibility index (Phi) is 4.28. The highest BCUT2D eigenvalue weighted by molar-refractivity contribution is 7.92. The summed E-state index contributed by atoms with van der Waals surface area (Å²) in [5, 5.41) is 2.70. The SMILES string of the molecule is CS(=O)(=O)N(c1ccc(NC(=O)c2ccc(F)cc2)cc1)C1CC1. The van der Waals surface area contributed by atoms with E-state index in [9.17, 15) is 17.6 Å². The molecular formula is C17H17FN2O3S. The van der Waals surface area contributed by atoms with E-state index in [1.807, 2.05) is 0 Å². The van der Waals surface area contributed by atoms with E-state index >= 15 is 0 Å². The highest BCUT2D eigenvalue weighted by atomic mass is 32.2. The van der Waals surface area contributed by atoms with Gasteiger partial charge >= 0.3 is 0 Å². The maximum absolute atomic E-state index is 12.9. The van der Waals surface area contributed by atoms with Gasteiger partial charge in [0.2, 0.25) is 10.0 Å². The van der Waals surface area contributed by atoms with Crippen LogP contribution in [-0.4, -0.2) is 26.6 Å². The van der Waals surface area contributed by atoms with Crippen LogP contribution in [-0.2, 0) is 10.0 Å². The second kappa shape index (κ2) is 6.24. The maximum atomic E-state index is 12.9. The van der Waals surface area contributed by atoms with Gasteiger partial charge in [-0.3, -0.25) is 9.10 Å². The van der Waals surface area contributed by atoms with Gasteiger partial charge in [-0.1, -0.05) is 0 Å². The van der Waals surface area contributed by atoms with Gasteiger partial charge in [-0.25, -0.2) is 12.8 Å². The fourth-order valence-electron chi connectivity index (χ4n) is 2.48. The number of halogens is 1. The topological polar surface area (TPSA) is 66.5 Å². The van der Waals surface area contributed by atoms with Crippen molar-refractivity contribution in [2.24, 2.45) is 0 Å². The van der Waals surface area contributed by atoms with E-state index in [2.05, 4.69) is 5.32 Å². The number of amides is 1. The number of benzene rings is 2. The molecule has 0 unspecified atom stereocenters. The number of nitrogens with one attached hydrogen (secondary N) is 1. The quantitative estimate of drug-likeness (QED) is 0.903. The summed E-state index contributed by atoms with van der Waals surface area (Å²) < 4.78 is 38.1. The number of hydrogen-bond acceptors (Lipinski definition) is 3. The third-order valence-electron chi connectivity index (χ3n) is 3.72. The first kappa shape index (κ1) is 16.4. The largest absolute Gasteiger partial charge is 0.322 e. The molecule has 0 aliphatic heterocycles. The Morgan fingerprint density at radius 1 is 1.08 bits per heavy atom. The van der Waals surface area contributed by atoms with Crippen molar-refractivity contribution in [1.29, 1.82) is 0 Å². The first-order valence-electron chi connectivity index (χ1n) is 7.51. The molecule has 1 amide bonds. The maximum Gasteiger partial charge on any atom is 0.255 e. The van der Waals surface area contributed by atoms with Gasteiger partial charge in [-0.15, -0.1) is 0 Å². The van der Waals surface area contributed by atoms with Crippen molar-refractivity contribution in [3.05, 3.63) is 59.9 Å². The summed E-state index contributed by atoms with van der Waals surface area (Å²) in [4.78, 5) is 12.1. The third-order valence-corrected chi connectivity index (χ3v) is 4.95. The molecule has 1 fully saturated rings. The molecule has 0 bridgehead atoms. The number of sulfonamides is 1. The standard InChI is InChI=1S/C17H17FN2O3S/c1-24(22,23)20(16-10-11-16)15-8-6-14(7-9-15)19-17(21)12-2-4-13(18)5-3-12/h2-9,16H,10-11H2,1H3,(H,19,21). The highest BCUT2D eigenvalue weighted by Crippen LogP contribution is 2.34. The van der Waals surface area contributed by atoms with Gasteiger partial charge in [-0.2, -0.15) is 0 Å². The number of carbonyl (C=O) groups is 1. The van der Waals surface area contributed by atoms with Crippen molar-refractivity contribution in [3.63, 3.8) is 0 Å². The van der Waals surface area contributed by atoms with Gasteiger partial charge in [0.1, 0.15) is 5.82 Å². The Morgan fingerprint density at radius 3 is 2.17 bits per heavy atom. The van der Waals surface area contributed by atoms with E-state index in [0.717, 1.165) is 12.8 Å². The van der Waals surface area contributed by atoms with Crippen molar-refractivity contribution in [3.8, 4) is 0 Å². The molecular weight excluding hydrogens is 331 g/mol. The van der Waals surface area contributed by atoms with Crippen molar-refractivity contribution in [2.45, 2.75) is 18.9 Å². The average Bonchev–Trinajstić information content (AvgIpc) is 3.33. The Bertz CT molecular complexity index is 844. The van der Waals surface area contributed by atoms with E-state index in [-0.39, 0.29) is 11.9 Å². The molecule has 1 N–H and O–H groups in total. The van der Waals surface area contributed by atoms with Gasteiger partial charge < -0.3 is 5.32 Å². The van der Waals surface area contributed by atoms with E-state index in [1.165, 1.54) is 34.8 Å². The van der Waals surface area contributed by atoms with E-state index < -0.39 is 15.8 Å². The minimum atomic E-state index is -3.33. The third kappa shape index (κ3) is 3.73. The first-order valence-corrected chi connectivity index (χ1v) is 9.36. The molecule has 0 radical (unpaired) electrons. The van der Waals surface area contributed by atoms with Crippen molar-refractivity contribution >= 4 is 27.3 Å². The van der Waals surface area contributed by atoms with Gasteiger partial charge in [0.05, 0.1) is 11.9 Å². The minimum Gasteiger partial charge on any atom is -0.322 e. The number of nitrogens with zero attached hydrogens (tertiary/aromatic N) is 1. The molecule has 126 valence electrons. The molecule has 2 aromatic rings. The summed E-state index contributed by atoms with van der Waals surface area (Å²) >= 11 is 0. The molecule has 2 aromatic carbocycles. The second-order valence-corrected chi connectivity index (χ2v) is 7.66. The fourth-order valence-corrected chi connectivity index (χ4v) is 3.74. The van der Waals surface area contributed by atoms with E-state index in [1.54, 1.807) is 24.3 Å². The van der Waals surface area contributed by atoms with Crippen molar-refractivity contribution < 1.29 is 17.6 Å². The Balaban J connectivity index is 1.74. The fraction of sp³-hybridized carbons (Fsp3) is 0.235. The lowest BCUT2D eigenvalue weighted by Gasteiger charge is -2.22. The van der Waals surface area contributed by atoms with Crippen LogP contribution < -0.4 is 9.62 Å². The summed E-state index contributed by atoms with van der Waals surface area (Å²) in [6.07, 6.45) is 2.90. The van der Waals surface area contributed by atoms with E-state index in [4.69, 9.17) is 0 Å². The van der Waals surface area contributed by atoms with Gasteiger partial charge in [0.15, 0.2) is 0 Å². The smallest absolute Gasteiger partial charge is 0.255 e. The van der Waals surface area contributed by atoms with Crippen LogP contribution in [0.5, 0.6) is 0 Å². The molecule has 24 heavy (non-hydrogen) atoms.